The molecule has 0 aromatic rings. The number of nitrogens with one attached hydrogen (secondary N) is 2. The summed E-state index contributed by atoms with van der Waals surface area (Å²) in [5, 5.41) is 6.76. The van der Waals surface area contributed by atoms with Crippen LogP contribution in [0.4, 0.5) is 0 Å². The minimum Gasteiger partial charge on any atom is -0.300 e. The second-order valence-corrected chi connectivity index (χ2v) is 5.69. The van der Waals surface area contributed by atoms with Gasteiger partial charge in [0.25, 0.3) is 0 Å². The second kappa shape index (κ2) is 2.72. The molecule has 0 aromatic carbocycles. The van der Waals surface area contributed by atoms with Gasteiger partial charge in [-0.15, -0.1) is 0 Å². The van der Waals surface area contributed by atoms with Gasteiger partial charge in [0.15, 0.2) is 0 Å². The summed E-state index contributed by atoms with van der Waals surface area (Å²) < 4.78 is 0.328. The highest BCUT2D eigenvalue weighted by Crippen LogP contribution is 2.20. The normalized spacial score (nSPS) is 23.0. The van der Waals surface area contributed by atoms with Crippen molar-refractivity contribution >= 4 is 22.6 Å². The molecule has 0 spiro atoms. The number of halogens is 1. The molecule has 1 aliphatic heterocycles. The highest BCUT2D eigenvalue weighted by molar-refractivity contribution is 14.1. The van der Waals surface area contributed by atoms with E-state index in [1.54, 1.807) is 0 Å². The lowest BCUT2D eigenvalue weighted by Crippen LogP contribution is -2.45. The van der Waals surface area contributed by atoms with Crippen molar-refractivity contribution in [1.29, 1.82) is 0 Å². The second-order valence-electron chi connectivity index (χ2n) is 2.91. The van der Waals surface area contributed by atoms with Crippen LogP contribution in [0.1, 0.15) is 13.8 Å². The minimum atomic E-state index is 0.328. The smallest absolute Gasteiger partial charge is 0.0717 e. The lowest BCUT2D eigenvalue weighted by molar-refractivity contribution is 0.471. The van der Waals surface area contributed by atoms with Gasteiger partial charge in [-0.25, -0.2) is 0 Å². The molecule has 2 nitrogen and oxygen atoms in total. The van der Waals surface area contributed by atoms with Crippen molar-refractivity contribution in [3.05, 3.63) is 0 Å². The zero-order valence-electron chi connectivity index (χ0n) is 5.87. The maximum absolute atomic E-state index is 3.38. The zero-order valence-corrected chi connectivity index (χ0v) is 8.03. The third kappa shape index (κ3) is 2.05. The summed E-state index contributed by atoms with van der Waals surface area (Å²) in [4.78, 5) is 0. The Kier molecular flexibility index (Phi) is 2.34. The fourth-order valence-electron chi connectivity index (χ4n) is 0.991. The molecule has 1 saturated heterocycles. The molecule has 0 saturated carbocycles. The average molecular weight is 240 g/mol. The predicted molar refractivity (Wildman–Crippen MR) is 47.9 cm³/mol. The Hall–Kier alpha value is 0.650. The van der Waals surface area contributed by atoms with Crippen LogP contribution >= 0.6 is 22.6 Å². The van der Waals surface area contributed by atoms with Gasteiger partial charge in [-0.05, 0) is 13.8 Å². The van der Waals surface area contributed by atoms with E-state index in [0.717, 1.165) is 13.1 Å². The van der Waals surface area contributed by atoms with Gasteiger partial charge in [-0.2, -0.15) is 0 Å². The van der Waals surface area contributed by atoms with Crippen molar-refractivity contribution < 1.29 is 0 Å². The molecular weight excluding hydrogens is 227 g/mol. The lowest BCUT2D eigenvalue weighted by atomic mass is 10.2. The molecule has 0 aliphatic carbocycles. The van der Waals surface area contributed by atoms with E-state index in [1.807, 2.05) is 0 Å². The summed E-state index contributed by atoms with van der Waals surface area (Å²) >= 11 is 2.45. The van der Waals surface area contributed by atoms with Crippen LogP contribution in [0.3, 0.4) is 0 Å². The van der Waals surface area contributed by atoms with E-state index in [4.69, 9.17) is 0 Å². The van der Waals surface area contributed by atoms with Crippen LogP contribution in [0.15, 0.2) is 0 Å². The first-order valence-corrected chi connectivity index (χ1v) is 4.34. The zero-order chi connectivity index (χ0) is 6.91. The monoisotopic (exact) mass is 240 g/mol. The molecule has 0 unspecified atom stereocenters. The molecule has 1 rings (SSSR count). The Morgan fingerprint density at radius 3 is 2.00 bits per heavy atom. The average Bonchev–Trinajstić information content (AvgIpc) is 2.08. The molecule has 9 heavy (non-hydrogen) atoms. The van der Waals surface area contributed by atoms with E-state index in [9.17, 15) is 0 Å². The van der Waals surface area contributed by atoms with Crippen molar-refractivity contribution in [2.45, 2.75) is 23.4 Å². The van der Waals surface area contributed by atoms with E-state index in [1.165, 1.54) is 0 Å². The number of hydrogen-bond donors (Lipinski definition) is 2. The van der Waals surface area contributed by atoms with Crippen molar-refractivity contribution in [3.63, 3.8) is 0 Å². The molecule has 0 aromatic heterocycles. The van der Waals surface area contributed by atoms with Crippen molar-refractivity contribution in [2.24, 2.45) is 0 Å². The van der Waals surface area contributed by atoms with Crippen molar-refractivity contribution in [2.75, 3.05) is 13.1 Å². The largest absolute Gasteiger partial charge is 0.300 e. The van der Waals surface area contributed by atoms with Gasteiger partial charge in [-0.1, -0.05) is 22.6 Å². The van der Waals surface area contributed by atoms with E-state index in [0.29, 0.717) is 9.59 Å². The number of alkyl halides is 1. The molecule has 1 aliphatic rings. The summed E-state index contributed by atoms with van der Waals surface area (Å²) in [5.41, 5.74) is 0. The summed E-state index contributed by atoms with van der Waals surface area (Å²) in [7, 11) is 0. The molecule has 0 bridgehead atoms. The summed E-state index contributed by atoms with van der Waals surface area (Å²) in [5.74, 6) is 0. The number of hydrogen-bond acceptors (Lipinski definition) is 2. The van der Waals surface area contributed by atoms with Gasteiger partial charge in [0, 0.05) is 16.5 Å². The maximum Gasteiger partial charge on any atom is 0.0717 e. The van der Waals surface area contributed by atoms with E-state index < -0.39 is 0 Å². The van der Waals surface area contributed by atoms with Crippen molar-refractivity contribution in [3.8, 4) is 0 Å². The third-order valence-electron chi connectivity index (χ3n) is 1.51. The first-order chi connectivity index (χ1) is 4.11. The first kappa shape index (κ1) is 7.75. The van der Waals surface area contributed by atoms with E-state index in [-0.39, 0.29) is 0 Å². The Morgan fingerprint density at radius 1 is 1.33 bits per heavy atom. The summed E-state index contributed by atoms with van der Waals surface area (Å²) in [6.07, 6.45) is 0.498. The Morgan fingerprint density at radius 2 is 1.78 bits per heavy atom. The molecule has 3 heteroatoms. The van der Waals surface area contributed by atoms with Crippen LogP contribution in [0.2, 0.25) is 0 Å². The van der Waals surface area contributed by atoms with Gasteiger partial charge in [-0.3, -0.25) is 10.6 Å². The Balaban J connectivity index is 2.42. The van der Waals surface area contributed by atoms with Crippen LogP contribution in [-0.2, 0) is 0 Å². The molecule has 1 heterocycles. The molecule has 0 atom stereocenters. The summed E-state index contributed by atoms with van der Waals surface area (Å²) in [6, 6.07) is 0. The standard InChI is InChI=1S/C6H13IN2/c1-6(2,7)5-8-3-4-9-5/h5,8-9H,3-4H2,1-2H3. The fraction of sp³-hybridized carbons (Fsp3) is 1.00. The van der Waals surface area contributed by atoms with Gasteiger partial charge in [0.2, 0.25) is 0 Å². The third-order valence-corrected chi connectivity index (χ3v) is 2.13. The van der Waals surface area contributed by atoms with E-state index in [2.05, 4.69) is 47.1 Å². The quantitative estimate of drug-likeness (QED) is 0.521. The first-order valence-electron chi connectivity index (χ1n) is 3.26. The Bertz CT molecular complexity index is 91.7. The van der Waals surface area contributed by atoms with Crippen LogP contribution < -0.4 is 10.6 Å². The maximum atomic E-state index is 3.38. The molecule has 54 valence electrons. The molecule has 1 fully saturated rings. The molecule has 0 amide bonds. The predicted octanol–water partition coefficient (Wildman–Crippen LogP) is 0.719. The fourth-order valence-corrected chi connectivity index (χ4v) is 1.43. The Labute approximate surface area is 69.9 Å². The SMILES string of the molecule is CC(C)(I)C1NCCN1. The van der Waals surface area contributed by atoms with Gasteiger partial charge in [0.05, 0.1) is 6.17 Å². The van der Waals surface area contributed by atoms with E-state index >= 15 is 0 Å². The minimum absolute atomic E-state index is 0.328. The van der Waals surface area contributed by atoms with Crippen LogP contribution in [0, 0.1) is 0 Å². The molecule has 2 N–H and O–H groups in total. The van der Waals surface area contributed by atoms with Gasteiger partial charge < -0.3 is 0 Å². The highest BCUT2D eigenvalue weighted by Gasteiger charge is 2.27. The topological polar surface area (TPSA) is 24.1 Å². The van der Waals surface area contributed by atoms with Gasteiger partial charge >= 0.3 is 0 Å². The number of rotatable bonds is 1. The molecular formula is C6H13IN2. The van der Waals surface area contributed by atoms with Gasteiger partial charge in [0.1, 0.15) is 0 Å². The molecule has 0 radical (unpaired) electrons. The van der Waals surface area contributed by atoms with Crippen LogP contribution in [0.25, 0.3) is 0 Å². The van der Waals surface area contributed by atoms with Crippen LogP contribution in [0.5, 0.6) is 0 Å². The summed E-state index contributed by atoms with van der Waals surface area (Å²) in [6.45, 7) is 6.67. The van der Waals surface area contributed by atoms with Crippen molar-refractivity contribution in [1.82, 2.24) is 10.6 Å². The lowest BCUT2D eigenvalue weighted by Gasteiger charge is -2.24. The van der Waals surface area contributed by atoms with Crippen LogP contribution in [-0.4, -0.2) is 22.7 Å². The highest BCUT2D eigenvalue weighted by atomic mass is 127.